The van der Waals surface area contributed by atoms with Crippen LogP contribution in [0, 0.1) is 11.8 Å². The van der Waals surface area contributed by atoms with Crippen molar-refractivity contribution in [3.63, 3.8) is 0 Å². The van der Waals surface area contributed by atoms with Crippen molar-refractivity contribution in [2.45, 2.75) is 57.8 Å². The summed E-state index contributed by atoms with van der Waals surface area (Å²) in [4.78, 5) is 33.3. The van der Waals surface area contributed by atoms with Crippen LogP contribution in [0.5, 0.6) is 0 Å². The van der Waals surface area contributed by atoms with Gasteiger partial charge in [0.25, 0.3) is 0 Å². The van der Waals surface area contributed by atoms with E-state index in [1.54, 1.807) is 0 Å². The molecule has 1 aliphatic carbocycles. The van der Waals surface area contributed by atoms with Crippen molar-refractivity contribution >= 4 is 18.0 Å². The lowest BCUT2D eigenvalue weighted by molar-refractivity contribution is -0.140. The first-order valence-corrected chi connectivity index (χ1v) is 7.24. The van der Waals surface area contributed by atoms with Crippen LogP contribution in [0.2, 0.25) is 0 Å². The highest BCUT2D eigenvalue weighted by molar-refractivity contribution is 5.86. The summed E-state index contributed by atoms with van der Waals surface area (Å²) in [6.07, 6.45) is 8.63. The molecule has 0 aromatic carbocycles. The van der Waals surface area contributed by atoms with Gasteiger partial charge < -0.3 is 9.53 Å². The third-order valence-electron chi connectivity index (χ3n) is 3.95. The zero-order chi connectivity index (χ0) is 14.1. The van der Waals surface area contributed by atoms with Crippen LogP contribution >= 0.6 is 0 Å². The maximum absolute atomic E-state index is 11.6. The fourth-order valence-corrected chi connectivity index (χ4v) is 2.74. The summed E-state index contributed by atoms with van der Waals surface area (Å²) < 4.78 is 4.57. The van der Waals surface area contributed by atoms with Crippen molar-refractivity contribution in [2.24, 2.45) is 11.8 Å². The number of unbranched alkanes of at least 4 members (excludes halogenated alkanes) is 4. The average Bonchev–Trinajstić information content (AvgIpc) is 2.78. The van der Waals surface area contributed by atoms with Gasteiger partial charge in [-0.1, -0.05) is 25.7 Å². The zero-order valence-corrected chi connectivity index (χ0v) is 11.7. The molecule has 0 saturated heterocycles. The van der Waals surface area contributed by atoms with Gasteiger partial charge in [0.05, 0.1) is 7.11 Å². The molecule has 0 spiro atoms. The third kappa shape index (κ3) is 5.53. The quantitative estimate of drug-likeness (QED) is 0.366. The van der Waals surface area contributed by atoms with Gasteiger partial charge in [0.15, 0.2) is 0 Å². The Hall–Kier alpha value is -1.19. The minimum absolute atomic E-state index is 0.0208. The average molecular weight is 268 g/mol. The Morgan fingerprint density at radius 1 is 1.26 bits per heavy atom. The Kier molecular flexibility index (Phi) is 7.38. The van der Waals surface area contributed by atoms with Gasteiger partial charge in [-0.25, -0.2) is 0 Å². The zero-order valence-electron chi connectivity index (χ0n) is 11.7. The van der Waals surface area contributed by atoms with Crippen molar-refractivity contribution < 1.29 is 19.1 Å². The second-order valence-corrected chi connectivity index (χ2v) is 5.29. The molecule has 0 amide bonds. The summed E-state index contributed by atoms with van der Waals surface area (Å²) in [5.41, 5.74) is 0. The van der Waals surface area contributed by atoms with Gasteiger partial charge in [-0.05, 0) is 19.3 Å². The van der Waals surface area contributed by atoms with E-state index in [-0.39, 0.29) is 23.6 Å². The smallest absolute Gasteiger partial charge is 0.305 e. The molecule has 0 unspecified atom stereocenters. The highest BCUT2D eigenvalue weighted by Crippen LogP contribution is 2.31. The van der Waals surface area contributed by atoms with Crippen LogP contribution < -0.4 is 0 Å². The highest BCUT2D eigenvalue weighted by atomic mass is 16.5. The van der Waals surface area contributed by atoms with Gasteiger partial charge in [0.2, 0.25) is 0 Å². The minimum Gasteiger partial charge on any atom is -0.469 e. The summed E-state index contributed by atoms with van der Waals surface area (Å²) in [6, 6.07) is 0. The molecule has 2 atom stereocenters. The molecular formula is C15H24O4. The van der Waals surface area contributed by atoms with Gasteiger partial charge in [-0.3, -0.25) is 9.59 Å². The number of hydrogen-bond acceptors (Lipinski definition) is 4. The third-order valence-corrected chi connectivity index (χ3v) is 3.95. The highest BCUT2D eigenvalue weighted by Gasteiger charge is 2.33. The normalized spacial score (nSPS) is 22.5. The number of aldehydes is 1. The summed E-state index contributed by atoms with van der Waals surface area (Å²) in [7, 11) is 1.41. The number of ether oxygens (including phenoxy) is 1. The first kappa shape index (κ1) is 15.9. The lowest BCUT2D eigenvalue weighted by Crippen LogP contribution is -2.15. The van der Waals surface area contributed by atoms with E-state index in [0.29, 0.717) is 12.8 Å². The molecule has 0 bridgehead atoms. The van der Waals surface area contributed by atoms with Crippen molar-refractivity contribution in [1.82, 2.24) is 0 Å². The largest absolute Gasteiger partial charge is 0.469 e. The van der Waals surface area contributed by atoms with Crippen LogP contribution in [0.25, 0.3) is 0 Å². The second-order valence-electron chi connectivity index (χ2n) is 5.29. The summed E-state index contributed by atoms with van der Waals surface area (Å²) >= 11 is 0. The SMILES string of the molecule is COC(=O)CCCCCCC[C@H]1C(=O)CC[C@@H]1C=O. The summed E-state index contributed by atoms with van der Waals surface area (Å²) in [5.74, 6) is 0.0626. The predicted molar refractivity (Wildman–Crippen MR) is 71.6 cm³/mol. The van der Waals surface area contributed by atoms with E-state index in [2.05, 4.69) is 4.74 Å². The van der Waals surface area contributed by atoms with Crippen LogP contribution in [0.15, 0.2) is 0 Å². The molecule has 4 heteroatoms. The molecule has 0 N–H and O–H groups in total. The Morgan fingerprint density at radius 2 is 1.95 bits per heavy atom. The molecular weight excluding hydrogens is 244 g/mol. The van der Waals surface area contributed by atoms with E-state index in [1.807, 2.05) is 0 Å². The van der Waals surface area contributed by atoms with Gasteiger partial charge in [0, 0.05) is 24.7 Å². The maximum Gasteiger partial charge on any atom is 0.305 e. The van der Waals surface area contributed by atoms with Crippen molar-refractivity contribution in [2.75, 3.05) is 7.11 Å². The minimum atomic E-state index is -0.148. The van der Waals surface area contributed by atoms with Crippen molar-refractivity contribution in [3.8, 4) is 0 Å². The van der Waals surface area contributed by atoms with Gasteiger partial charge in [0.1, 0.15) is 12.1 Å². The molecule has 19 heavy (non-hydrogen) atoms. The molecule has 1 aliphatic rings. The Balaban J connectivity index is 2.03. The number of carbonyl (C=O) groups is 3. The molecule has 0 radical (unpaired) electrons. The lowest BCUT2D eigenvalue weighted by Gasteiger charge is -2.12. The molecule has 0 aromatic rings. The number of hydrogen-bond donors (Lipinski definition) is 0. The molecule has 0 aromatic heterocycles. The number of Topliss-reactive ketones (excluding diaryl/α,β-unsaturated/α-hetero) is 1. The summed E-state index contributed by atoms with van der Waals surface area (Å²) in [6.45, 7) is 0. The van der Waals surface area contributed by atoms with E-state index in [9.17, 15) is 14.4 Å². The molecule has 4 nitrogen and oxygen atoms in total. The fourth-order valence-electron chi connectivity index (χ4n) is 2.74. The van der Waals surface area contributed by atoms with Crippen LogP contribution in [-0.4, -0.2) is 25.1 Å². The van der Waals surface area contributed by atoms with Gasteiger partial charge in [-0.2, -0.15) is 0 Å². The maximum atomic E-state index is 11.6. The van der Waals surface area contributed by atoms with E-state index in [4.69, 9.17) is 0 Å². The molecule has 0 heterocycles. The number of rotatable bonds is 9. The van der Waals surface area contributed by atoms with Crippen LogP contribution in [0.4, 0.5) is 0 Å². The first-order valence-electron chi connectivity index (χ1n) is 7.24. The van der Waals surface area contributed by atoms with E-state index >= 15 is 0 Å². The molecule has 1 saturated carbocycles. The Labute approximate surface area is 114 Å². The summed E-state index contributed by atoms with van der Waals surface area (Å²) in [5, 5.41) is 0. The number of esters is 1. The standard InChI is InChI=1S/C15H24O4/c1-19-15(18)8-6-4-2-3-5-7-13-12(11-16)9-10-14(13)17/h11-13H,2-10H2,1H3/t12-,13-/m1/s1. The lowest BCUT2D eigenvalue weighted by atomic mass is 9.91. The molecule has 1 fully saturated rings. The molecule has 1 rings (SSSR count). The molecule has 0 aliphatic heterocycles. The van der Waals surface area contributed by atoms with E-state index in [1.165, 1.54) is 7.11 Å². The monoisotopic (exact) mass is 268 g/mol. The van der Waals surface area contributed by atoms with Gasteiger partial charge in [-0.15, -0.1) is 0 Å². The van der Waals surface area contributed by atoms with Crippen molar-refractivity contribution in [1.29, 1.82) is 0 Å². The topological polar surface area (TPSA) is 60.4 Å². The Morgan fingerprint density at radius 3 is 2.63 bits per heavy atom. The number of carbonyl (C=O) groups excluding carboxylic acids is 3. The fraction of sp³-hybridized carbons (Fsp3) is 0.800. The molecule has 108 valence electrons. The Bertz CT molecular complexity index is 311. The number of methoxy groups -OCH3 is 1. The first-order chi connectivity index (χ1) is 9.19. The van der Waals surface area contributed by atoms with Gasteiger partial charge >= 0.3 is 5.97 Å². The second kappa shape index (κ2) is 8.83. The van der Waals surface area contributed by atoms with E-state index < -0.39 is 0 Å². The van der Waals surface area contributed by atoms with Crippen molar-refractivity contribution in [3.05, 3.63) is 0 Å². The van der Waals surface area contributed by atoms with Crippen LogP contribution in [0.3, 0.4) is 0 Å². The number of ketones is 1. The van der Waals surface area contributed by atoms with Crippen LogP contribution in [0.1, 0.15) is 57.8 Å². The predicted octanol–water partition coefficient (Wildman–Crippen LogP) is 2.68. The van der Waals surface area contributed by atoms with Crippen LogP contribution in [-0.2, 0) is 19.1 Å². The van der Waals surface area contributed by atoms with E-state index in [0.717, 1.165) is 51.2 Å².